The lowest BCUT2D eigenvalue weighted by Crippen LogP contribution is -2.39. The van der Waals surface area contributed by atoms with E-state index in [0.717, 1.165) is 25.9 Å². The highest BCUT2D eigenvalue weighted by atomic mass is 16.4. The van der Waals surface area contributed by atoms with Crippen molar-refractivity contribution in [1.29, 1.82) is 0 Å². The van der Waals surface area contributed by atoms with Gasteiger partial charge >= 0.3 is 12.0 Å². The minimum atomic E-state index is -0.816. The standard InChI is InChI=1S/C14H29N3O3/c1-4-15-6-5-7-16-14(20)17-10-12(8-11(2)3)9-13(18)19/h11-12,15H,4-10H2,1-3H3,(H,18,19)(H2,16,17,20)/t12-/m0/s1. The summed E-state index contributed by atoms with van der Waals surface area (Å²) in [5.41, 5.74) is 0. The van der Waals surface area contributed by atoms with Crippen LogP contribution in [0, 0.1) is 11.8 Å². The predicted octanol–water partition coefficient (Wildman–Crippen LogP) is 1.42. The van der Waals surface area contributed by atoms with Gasteiger partial charge in [-0.2, -0.15) is 0 Å². The summed E-state index contributed by atoms with van der Waals surface area (Å²) < 4.78 is 0. The highest BCUT2D eigenvalue weighted by Gasteiger charge is 2.15. The number of aliphatic carboxylic acids is 1. The quantitative estimate of drug-likeness (QED) is 0.433. The van der Waals surface area contributed by atoms with E-state index in [1.165, 1.54) is 0 Å². The summed E-state index contributed by atoms with van der Waals surface area (Å²) in [6.45, 7) is 8.98. The molecule has 2 amide bonds. The monoisotopic (exact) mass is 287 g/mol. The molecule has 0 saturated carbocycles. The first kappa shape index (κ1) is 18.7. The maximum Gasteiger partial charge on any atom is 0.314 e. The van der Waals surface area contributed by atoms with Crippen molar-refractivity contribution in [2.24, 2.45) is 11.8 Å². The second kappa shape index (κ2) is 11.5. The van der Waals surface area contributed by atoms with Crippen LogP contribution in [0.1, 0.15) is 40.0 Å². The molecule has 0 fully saturated rings. The molecule has 0 aromatic rings. The Morgan fingerprint density at radius 1 is 1.15 bits per heavy atom. The molecule has 6 heteroatoms. The van der Waals surface area contributed by atoms with Gasteiger partial charge in [0, 0.05) is 19.5 Å². The summed E-state index contributed by atoms with van der Waals surface area (Å²) in [4.78, 5) is 22.3. The van der Waals surface area contributed by atoms with Crippen LogP contribution >= 0.6 is 0 Å². The zero-order chi connectivity index (χ0) is 15.4. The molecule has 0 bridgehead atoms. The number of hydrogen-bond acceptors (Lipinski definition) is 3. The molecule has 118 valence electrons. The maximum absolute atomic E-state index is 11.6. The fourth-order valence-corrected chi connectivity index (χ4v) is 2.04. The zero-order valence-electron chi connectivity index (χ0n) is 12.9. The summed E-state index contributed by atoms with van der Waals surface area (Å²) in [5, 5.41) is 17.5. The van der Waals surface area contributed by atoms with E-state index < -0.39 is 5.97 Å². The smallest absolute Gasteiger partial charge is 0.314 e. The Kier molecular flexibility index (Phi) is 10.8. The number of carbonyl (C=O) groups excluding carboxylic acids is 1. The minimum absolute atomic E-state index is 0.0139. The first-order valence-corrected chi connectivity index (χ1v) is 7.39. The molecule has 0 spiro atoms. The molecule has 0 heterocycles. The van der Waals surface area contributed by atoms with Crippen LogP contribution in [-0.2, 0) is 4.79 Å². The maximum atomic E-state index is 11.6. The Balaban J connectivity index is 3.83. The van der Waals surface area contributed by atoms with E-state index >= 15 is 0 Å². The van der Waals surface area contributed by atoms with E-state index in [2.05, 4.69) is 29.8 Å². The first-order chi connectivity index (χ1) is 9.45. The zero-order valence-corrected chi connectivity index (χ0v) is 12.9. The molecule has 0 unspecified atom stereocenters. The highest BCUT2D eigenvalue weighted by Crippen LogP contribution is 2.14. The van der Waals surface area contributed by atoms with Gasteiger partial charge in [-0.3, -0.25) is 4.79 Å². The van der Waals surface area contributed by atoms with Crippen LogP contribution in [0.5, 0.6) is 0 Å². The van der Waals surface area contributed by atoms with Crippen molar-refractivity contribution in [2.75, 3.05) is 26.2 Å². The normalized spacial score (nSPS) is 12.2. The van der Waals surface area contributed by atoms with Gasteiger partial charge in [-0.05, 0) is 37.8 Å². The molecular weight excluding hydrogens is 258 g/mol. The van der Waals surface area contributed by atoms with Gasteiger partial charge in [0.1, 0.15) is 0 Å². The van der Waals surface area contributed by atoms with E-state index in [1.54, 1.807) is 0 Å². The summed E-state index contributed by atoms with van der Waals surface area (Å²) in [5.74, 6) is -0.409. The Labute approximate surface area is 121 Å². The first-order valence-electron chi connectivity index (χ1n) is 7.39. The highest BCUT2D eigenvalue weighted by molar-refractivity contribution is 5.74. The summed E-state index contributed by atoms with van der Waals surface area (Å²) in [6.07, 6.45) is 1.78. The molecule has 0 saturated heterocycles. The molecule has 0 aromatic heterocycles. The van der Waals surface area contributed by atoms with E-state index in [1.807, 2.05) is 6.92 Å². The van der Waals surface area contributed by atoms with Gasteiger partial charge in [0.15, 0.2) is 0 Å². The number of carbonyl (C=O) groups is 2. The lowest BCUT2D eigenvalue weighted by molar-refractivity contribution is -0.138. The molecule has 0 rings (SSSR count). The molecule has 0 aliphatic carbocycles. The Morgan fingerprint density at radius 2 is 1.85 bits per heavy atom. The fraction of sp³-hybridized carbons (Fsp3) is 0.857. The summed E-state index contributed by atoms with van der Waals surface area (Å²) in [7, 11) is 0. The molecule has 1 atom stereocenters. The van der Waals surface area contributed by atoms with E-state index in [9.17, 15) is 9.59 Å². The Morgan fingerprint density at radius 3 is 2.40 bits per heavy atom. The van der Waals surface area contributed by atoms with Gasteiger partial charge in [-0.15, -0.1) is 0 Å². The van der Waals surface area contributed by atoms with Gasteiger partial charge in [0.25, 0.3) is 0 Å². The molecule has 0 radical (unpaired) electrons. The average Bonchev–Trinajstić information content (AvgIpc) is 2.34. The number of urea groups is 1. The molecule has 0 aliphatic heterocycles. The number of hydrogen-bond donors (Lipinski definition) is 4. The van der Waals surface area contributed by atoms with Gasteiger partial charge in [0.05, 0.1) is 0 Å². The van der Waals surface area contributed by atoms with Crippen molar-refractivity contribution in [1.82, 2.24) is 16.0 Å². The second-order valence-corrected chi connectivity index (χ2v) is 5.44. The second-order valence-electron chi connectivity index (χ2n) is 5.44. The van der Waals surface area contributed by atoms with Crippen molar-refractivity contribution < 1.29 is 14.7 Å². The van der Waals surface area contributed by atoms with Crippen molar-refractivity contribution in [3.05, 3.63) is 0 Å². The lowest BCUT2D eigenvalue weighted by Gasteiger charge is -2.18. The largest absolute Gasteiger partial charge is 0.481 e. The van der Waals surface area contributed by atoms with E-state index in [-0.39, 0.29) is 18.4 Å². The Hall–Kier alpha value is -1.30. The number of rotatable bonds is 11. The minimum Gasteiger partial charge on any atom is -0.481 e. The van der Waals surface area contributed by atoms with E-state index in [0.29, 0.717) is 19.0 Å². The van der Waals surface area contributed by atoms with Crippen LogP contribution in [0.2, 0.25) is 0 Å². The lowest BCUT2D eigenvalue weighted by atomic mass is 9.94. The van der Waals surface area contributed by atoms with Crippen molar-refractivity contribution in [2.45, 2.75) is 40.0 Å². The van der Waals surface area contributed by atoms with Crippen LogP contribution in [0.25, 0.3) is 0 Å². The average molecular weight is 287 g/mol. The van der Waals surface area contributed by atoms with Crippen LogP contribution < -0.4 is 16.0 Å². The Bertz CT molecular complexity index is 283. The van der Waals surface area contributed by atoms with Gasteiger partial charge in [-0.1, -0.05) is 20.8 Å². The number of amides is 2. The topological polar surface area (TPSA) is 90.5 Å². The third-order valence-corrected chi connectivity index (χ3v) is 2.89. The molecule has 6 nitrogen and oxygen atoms in total. The van der Waals surface area contributed by atoms with Gasteiger partial charge < -0.3 is 21.1 Å². The van der Waals surface area contributed by atoms with Gasteiger partial charge in [0.2, 0.25) is 0 Å². The van der Waals surface area contributed by atoms with Crippen molar-refractivity contribution in [3.63, 3.8) is 0 Å². The number of carboxylic acid groups (broad SMARTS) is 1. The number of carboxylic acids is 1. The number of nitrogens with one attached hydrogen (secondary N) is 3. The third-order valence-electron chi connectivity index (χ3n) is 2.89. The molecule has 4 N–H and O–H groups in total. The predicted molar refractivity (Wildman–Crippen MR) is 79.8 cm³/mol. The van der Waals surface area contributed by atoms with Crippen LogP contribution in [0.4, 0.5) is 4.79 Å². The molecular formula is C14H29N3O3. The molecule has 0 aromatic carbocycles. The van der Waals surface area contributed by atoms with Crippen molar-refractivity contribution in [3.8, 4) is 0 Å². The molecule has 0 aliphatic rings. The van der Waals surface area contributed by atoms with Crippen LogP contribution in [0.3, 0.4) is 0 Å². The third kappa shape index (κ3) is 11.8. The van der Waals surface area contributed by atoms with E-state index in [4.69, 9.17) is 5.11 Å². The van der Waals surface area contributed by atoms with Crippen LogP contribution in [0.15, 0.2) is 0 Å². The molecule has 20 heavy (non-hydrogen) atoms. The summed E-state index contributed by atoms with van der Waals surface area (Å²) in [6, 6.07) is -0.222. The fourth-order valence-electron chi connectivity index (χ4n) is 2.04. The van der Waals surface area contributed by atoms with Crippen LogP contribution in [-0.4, -0.2) is 43.3 Å². The SMILES string of the molecule is CCNCCCNC(=O)NC[C@H](CC(=O)O)CC(C)C. The van der Waals surface area contributed by atoms with Gasteiger partial charge in [-0.25, -0.2) is 4.79 Å². The van der Waals surface area contributed by atoms with Crippen molar-refractivity contribution >= 4 is 12.0 Å². The summed E-state index contributed by atoms with van der Waals surface area (Å²) >= 11 is 0.